The van der Waals surface area contributed by atoms with Crippen LogP contribution in [0.3, 0.4) is 0 Å². The minimum Gasteiger partial charge on any atom is -0.488 e. The van der Waals surface area contributed by atoms with Crippen molar-refractivity contribution in [1.29, 1.82) is 5.26 Å². The molecule has 3 rings (SSSR count). The minimum atomic E-state index is -0.525. The Hall–Kier alpha value is -2.97. The number of hydrogen-bond donors (Lipinski definition) is 1. The molecule has 3 aromatic rings. The summed E-state index contributed by atoms with van der Waals surface area (Å²) >= 11 is 18.3. The Bertz CT molecular complexity index is 1200. The van der Waals surface area contributed by atoms with Crippen molar-refractivity contribution in [1.82, 2.24) is 0 Å². The number of amides is 1. The van der Waals surface area contributed by atoms with Crippen molar-refractivity contribution in [3.63, 3.8) is 0 Å². The number of nitrogens with zero attached hydrogens (tertiary/aromatic N) is 1. The van der Waals surface area contributed by atoms with Crippen LogP contribution in [0.25, 0.3) is 6.08 Å². The molecule has 31 heavy (non-hydrogen) atoms. The van der Waals surface area contributed by atoms with E-state index in [1.54, 1.807) is 42.5 Å². The molecule has 3 aromatic carbocycles. The van der Waals surface area contributed by atoms with Crippen molar-refractivity contribution in [3.8, 4) is 11.8 Å². The van der Waals surface area contributed by atoms with Crippen LogP contribution in [-0.4, -0.2) is 5.91 Å². The molecule has 0 aliphatic heterocycles. The van der Waals surface area contributed by atoms with Crippen molar-refractivity contribution in [2.45, 2.75) is 13.5 Å². The van der Waals surface area contributed by atoms with E-state index in [1.807, 2.05) is 31.2 Å². The lowest BCUT2D eigenvalue weighted by Gasteiger charge is -2.12. The number of benzene rings is 3. The summed E-state index contributed by atoms with van der Waals surface area (Å²) in [7, 11) is 0. The van der Waals surface area contributed by atoms with Crippen molar-refractivity contribution in [2.24, 2.45) is 0 Å². The topological polar surface area (TPSA) is 62.1 Å². The number of rotatable bonds is 6. The molecule has 4 nitrogen and oxygen atoms in total. The van der Waals surface area contributed by atoms with Crippen LogP contribution in [0.2, 0.25) is 15.1 Å². The SMILES string of the molecule is Cc1ccccc1NC(=O)/C(C#N)=C/c1cc(Cl)ccc1OCc1ccc(Cl)cc1Cl. The maximum atomic E-state index is 12.6. The molecule has 0 heterocycles. The number of nitriles is 1. The van der Waals surface area contributed by atoms with Gasteiger partial charge in [-0.1, -0.05) is 59.1 Å². The second-order valence-corrected chi connectivity index (χ2v) is 7.93. The predicted molar refractivity (Wildman–Crippen MR) is 126 cm³/mol. The predicted octanol–water partition coefficient (Wildman–Crippen LogP) is 7.08. The van der Waals surface area contributed by atoms with E-state index >= 15 is 0 Å². The first kappa shape index (κ1) is 22.7. The number of nitrogens with one attached hydrogen (secondary N) is 1. The van der Waals surface area contributed by atoms with Gasteiger partial charge in [-0.25, -0.2) is 0 Å². The van der Waals surface area contributed by atoms with Crippen molar-refractivity contribution < 1.29 is 9.53 Å². The monoisotopic (exact) mass is 470 g/mol. The standard InChI is InChI=1S/C24H17Cl3N2O2/c1-15-4-2-3-5-22(15)29-24(30)18(13-28)10-17-11-19(25)8-9-23(17)31-14-16-6-7-20(26)12-21(16)27/h2-12H,14H2,1H3,(H,29,30)/b18-10+. The van der Waals surface area contributed by atoms with E-state index < -0.39 is 5.91 Å². The number of carbonyl (C=O) groups is 1. The molecule has 0 spiro atoms. The summed E-state index contributed by atoms with van der Waals surface area (Å²) in [5, 5.41) is 13.8. The summed E-state index contributed by atoms with van der Waals surface area (Å²) in [6.45, 7) is 2.05. The fraction of sp³-hybridized carbons (Fsp3) is 0.0833. The molecule has 0 unspecified atom stereocenters. The fourth-order valence-corrected chi connectivity index (χ4v) is 3.41. The van der Waals surface area contributed by atoms with Gasteiger partial charge in [0.25, 0.3) is 5.91 Å². The zero-order valence-corrected chi connectivity index (χ0v) is 18.7. The quantitative estimate of drug-likeness (QED) is 0.308. The highest BCUT2D eigenvalue weighted by molar-refractivity contribution is 6.35. The maximum absolute atomic E-state index is 12.6. The van der Waals surface area contributed by atoms with Gasteiger partial charge in [0.1, 0.15) is 24.0 Å². The first-order chi connectivity index (χ1) is 14.9. The Morgan fingerprint density at radius 3 is 2.48 bits per heavy atom. The first-order valence-corrected chi connectivity index (χ1v) is 10.4. The van der Waals surface area contributed by atoms with Crippen molar-refractivity contribution in [2.75, 3.05) is 5.32 Å². The highest BCUT2D eigenvalue weighted by Crippen LogP contribution is 2.28. The van der Waals surface area contributed by atoms with Crippen LogP contribution < -0.4 is 10.1 Å². The number of ether oxygens (including phenoxy) is 1. The van der Waals surface area contributed by atoms with Gasteiger partial charge in [-0.2, -0.15) is 5.26 Å². The summed E-state index contributed by atoms with van der Waals surface area (Å²) < 4.78 is 5.89. The van der Waals surface area contributed by atoms with Gasteiger partial charge < -0.3 is 10.1 Å². The molecule has 0 saturated carbocycles. The van der Waals surface area contributed by atoms with Crippen LogP contribution in [-0.2, 0) is 11.4 Å². The molecule has 0 aliphatic rings. The average molecular weight is 472 g/mol. The molecule has 0 fully saturated rings. The Balaban J connectivity index is 1.85. The minimum absolute atomic E-state index is 0.0834. The molecule has 1 N–H and O–H groups in total. The molecule has 0 atom stereocenters. The van der Waals surface area contributed by atoms with Gasteiger partial charge in [0.15, 0.2) is 0 Å². The van der Waals surface area contributed by atoms with E-state index in [-0.39, 0.29) is 12.2 Å². The lowest BCUT2D eigenvalue weighted by Crippen LogP contribution is -2.14. The van der Waals surface area contributed by atoms with E-state index in [0.717, 1.165) is 11.1 Å². The molecular weight excluding hydrogens is 455 g/mol. The normalized spacial score (nSPS) is 11.0. The fourth-order valence-electron chi connectivity index (χ4n) is 2.76. The molecular formula is C24H17Cl3N2O2. The Morgan fingerprint density at radius 2 is 1.77 bits per heavy atom. The second-order valence-electron chi connectivity index (χ2n) is 6.65. The van der Waals surface area contributed by atoms with Gasteiger partial charge >= 0.3 is 0 Å². The number of hydrogen-bond acceptors (Lipinski definition) is 3. The summed E-state index contributed by atoms with van der Waals surface area (Å²) in [6, 6.07) is 19.3. The van der Waals surface area contributed by atoms with Crippen molar-refractivity contribution in [3.05, 3.63) is 98.0 Å². The molecule has 0 radical (unpaired) electrons. The lowest BCUT2D eigenvalue weighted by molar-refractivity contribution is -0.112. The third-order valence-electron chi connectivity index (χ3n) is 4.43. The van der Waals surface area contributed by atoms with E-state index in [2.05, 4.69) is 5.32 Å². The van der Waals surface area contributed by atoms with Crippen LogP contribution >= 0.6 is 34.8 Å². The number of para-hydroxylation sites is 1. The van der Waals surface area contributed by atoms with Crippen LogP contribution in [0.15, 0.2) is 66.2 Å². The number of aryl methyl sites for hydroxylation is 1. The van der Waals surface area contributed by atoms with E-state index in [1.165, 1.54) is 6.08 Å². The van der Waals surface area contributed by atoms with Crippen LogP contribution in [0, 0.1) is 18.3 Å². The zero-order chi connectivity index (χ0) is 22.4. The highest BCUT2D eigenvalue weighted by Gasteiger charge is 2.13. The maximum Gasteiger partial charge on any atom is 0.266 e. The highest BCUT2D eigenvalue weighted by atomic mass is 35.5. The van der Waals surface area contributed by atoms with Gasteiger partial charge in [0.05, 0.1) is 0 Å². The zero-order valence-electron chi connectivity index (χ0n) is 16.5. The first-order valence-electron chi connectivity index (χ1n) is 9.22. The Kier molecular flexibility index (Phi) is 7.59. The van der Waals surface area contributed by atoms with Crippen molar-refractivity contribution >= 4 is 52.5 Å². The van der Waals surface area contributed by atoms with Gasteiger partial charge in [-0.15, -0.1) is 0 Å². The van der Waals surface area contributed by atoms with E-state index in [0.29, 0.717) is 32.1 Å². The largest absolute Gasteiger partial charge is 0.488 e. The van der Waals surface area contributed by atoms with E-state index in [4.69, 9.17) is 39.5 Å². The average Bonchev–Trinajstić information content (AvgIpc) is 2.74. The van der Waals surface area contributed by atoms with E-state index in [9.17, 15) is 10.1 Å². The molecule has 0 saturated heterocycles. The molecule has 0 bridgehead atoms. The van der Waals surface area contributed by atoms with Gasteiger partial charge in [0.2, 0.25) is 0 Å². The molecule has 0 aromatic heterocycles. The molecule has 156 valence electrons. The van der Waals surface area contributed by atoms with Gasteiger partial charge in [-0.05, 0) is 55.0 Å². The molecule has 1 amide bonds. The Morgan fingerprint density at radius 1 is 1.06 bits per heavy atom. The van der Waals surface area contributed by atoms with Gasteiger partial charge in [-0.3, -0.25) is 4.79 Å². The van der Waals surface area contributed by atoms with Crippen LogP contribution in [0.1, 0.15) is 16.7 Å². The summed E-state index contributed by atoms with van der Waals surface area (Å²) in [4.78, 5) is 12.6. The number of anilines is 1. The Labute approximate surface area is 195 Å². The summed E-state index contributed by atoms with van der Waals surface area (Å²) in [6.07, 6.45) is 1.44. The second kappa shape index (κ2) is 10.4. The van der Waals surface area contributed by atoms with Gasteiger partial charge in [0, 0.05) is 31.9 Å². The smallest absolute Gasteiger partial charge is 0.266 e. The molecule has 0 aliphatic carbocycles. The lowest BCUT2D eigenvalue weighted by atomic mass is 10.1. The van der Waals surface area contributed by atoms with Crippen LogP contribution in [0.4, 0.5) is 5.69 Å². The third kappa shape index (κ3) is 6.02. The number of halogens is 3. The summed E-state index contributed by atoms with van der Waals surface area (Å²) in [5.41, 5.74) is 2.68. The van der Waals surface area contributed by atoms with Crippen LogP contribution in [0.5, 0.6) is 5.75 Å². The summed E-state index contributed by atoms with van der Waals surface area (Å²) in [5.74, 6) is -0.0738. The molecule has 7 heteroatoms. The number of carbonyl (C=O) groups excluding carboxylic acids is 1. The third-order valence-corrected chi connectivity index (χ3v) is 5.25.